The largest absolute Gasteiger partial charge is 0.478 e. The van der Waals surface area contributed by atoms with Gasteiger partial charge in [-0.25, -0.2) is 4.79 Å². The second-order valence-electron chi connectivity index (χ2n) is 6.07. The van der Waals surface area contributed by atoms with E-state index in [4.69, 9.17) is 10.8 Å². The number of hydrogen-bond donors (Lipinski definition) is 3. The molecule has 0 unspecified atom stereocenters. The van der Waals surface area contributed by atoms with Gasteiger partial charge in [-0.1, -0.05) is 19.8 Å². The van der Waals surface area contributed by atoms with Crippen LogP contribution in [0, 0.1) is 18.8 Å². The Morgan fingerprint density at radius 2 is 2.00 bits per heavy atom. The maximum atomic E-state index is 11.2. The minimum Gasteiger partial charge on any atom is -0.478 e. The van der Waals surface area contributed by atoms with Crippen LogP contribution in [0.1, 0.15) is 48.5 Å². The third kappa shape index (κ3) is 3.44. The fourth-order valence-corrected chi connectivity index (χ4v) is 2.87. The zero-order valence-electron chi connectivity index (χ0n) is 12.3. The highest BCUT2D eigenvalue weighted by atomic mass is 16.4. The molecule has 0 bridgehead atoms. The van der Waals surface area contributed by atoms with Crippen LogP contribution in [0.5, 0.6) is 0 Å². The molecule has 0 saturated heterocycles. The van der Waals surface area contributed by atoms with Crippen molar-refractivity contribution in [2.24, 2.45) is 11.8 Å². The Kier molecular flexibility index (Phi) is 4.53. The normalized spacial score (nSPS) is 22.5. The van der Waals surface area contributed by atoms with Gasteiger partial charge in [0.25, 0.3) is 0 Å². The van der Waals surface area contributed by atoms with E-state index in [1.807, 2.05) is 13.0 Å². The van der Waals surface area contributed by atoms with Gasteiger partial charge in [0.1, 0.15) is 0 Å². The van der Waals surface area contributed by atoms with Gasteiger partial charge in [-0.15, -0.1) is 0 Å². The van der Waals surface area contributed by atoms with Crippen molar-refractivity contribution in [3.63, 3.8) is 0 Å². The number of anilines is 2. The van der Waals surface area contributed by atoms with Crippen LogP contribution in [0.3, 0.4) is 0 Å². The summed E-state index contributed by atoms with van der Waals surface area (Å²) in [5.74, 6) is 0.571. The van der Waals surface area contributed by atoms with Crippen molar-refractivity contribution in [3.05, 3.63) is 23.3 Å². The average Bonchev–Trinajstić information content (AvgIpc) is 2.41. The molecule has 0 aliphatic heterocycles. The van der Waals surface area contributed by atoms with E-state index in [2.05, 4.69) is 12.2 Å². The quantitative estimate of drug-likeness (QED) is 0.736. The predicted molar refractivity (Wildman–Crippen MR) is 82.2 cm³/mol. The lowest BCUT2D eigenvalue weighted by atomic mass is 9.83. The van der Waals surface area contributed by atoms with Crippen molar-refractivity contribution < 1.29 is 9.90 Å². The molecule has 0 aromatic heterocycles. The number of rotatable bonds is 4. The monoisotopic (exact) mass is 276 g/mol. The minimum absolute atomic E-state index is 0.185. The highest BCUT2D eigenvalue weighted by Crippen LogP contribution is 2.29. The molecule has 4 nitrogen and oxygen atoms in total. The molecule has 0 spiro atoms. The van der Waals surface area contributed by atoms with Crippen LogP contribution in [-0.2, 0) is 0 Å². The van der Waals surface area contributed by atoms with E-state index >= 15 is 0 Å². The van der Waals surface area contributed by atoms with Gasteiger partial charge in [-0.2, -0.15) is 0 Å². The number of nitrogens with one attached hydrogen (secondary N) is 1. The number of aromatic carboxylic acids is 1. The summed E-state index contributed by atoms with van der Waals surface area (Å²) in [6.45, 7) is 5.07. The zero-order valence-corrected chi connectivity index (χ0v) is 12.3. The minimum atomic E-state index is -0.972. The van der Waals surface area contributed by atoms with Gasteiger partial charge in [0, 0.05) is 17.9 Å². The Bertz CT molecular complexity index is 491. The standard InChI is InChI=1S/C16H24N2O2/c1-10-3-5-12(6-4-10)9-18-13-7-11(2)15(17)14(8-13)16(19)20/h7-8,10,12,18H,3-6,9,17H2,1-2H3,(H,19,20). The van der Waals surface area contributed by atoms with E-state index in [9.17, 15) is 4.79 Å². The molecule has 4 N–H and O–H groups in total. The molecule has 110 valence electrons. The molecule has 0 heterocycles. The molecular weight excluding hydrogens is 252 g/mol. The smallest absolute Gasteiger partial charge is 0.337 e. The lowest BCUT2D eigenvalue weighted by molar-refractivity contribution is 0.0698. The molecule has 2 rings (SSSR count). The maximum absolute atomic E-state index is 11.2. The lowest BCUT2D eigenvalue weighted by Gasteiger charge is -2.26. The van der Waals surface area contributed by atoms with Crippen molar-refractivity contribution in [2.75, 3.05) is 17.6 Å². The fourth-order valence-electron chi connectivity index (χ4n) is 2.87. The third-order valence-electron chi connectivity index (χ3n) is 4.35. The Morgan fingerprint density at radius 3 is 2.60 bits per heavy atom. The summed E-state index contributed by atoms with van der Waals surface area (Å²) in [6, 6.07) is 3.56. The van der Waals surface area contributed by atoms with Crippen LogP contribution >= 0.6 is 0 Å². The van der Waals surface area contributed by atoms with E-state index in [-0.39, 0.29) is 5.56 Å². The first-order valence-electron chi connectivity index (χ1n) is 7.34. The van der Waals surface area contributed by atoms with E-state index in [0.717, 1.165) is 23.7 Å². The maximum Gasteiger partial charge on any atom is 0.337 e. The predicted octanol–water partition coefficient (Wildman–Crippen LogP) is 3.51. The van der Waals surface area contributed by atoms with Gasteiger partial charge >= 0.3 is 5.97 Å². The number of carboxylic acid groups (broad SMARTS) is 1. The van der Waals surface area contributed by atoms with E-state index in [0.29, 0.717) is 11.6 Å². The van der Waals surface area contributed by atoms with Gasteiger partial charge in [-0.05, 0) is 49.3 Å². The third-order valence-corrected chi connectivity index (χ3v) is 4.35. The van der Waals surface area contributed by atoms with Gasteiger partial charge < -0.3 is 16.2 Å². The summed E-state index contributed by atoms with van der Waals surface area (Å²) in [6.07, 6.45) is 5.11. The first-order chi connectivity index (χ1) is 9.47. The molecule has 4 heteroatoms. The molecule has 0 atom stereocenters. The molecule has 1 aromatic rings. The number of carboxylic acids is 1. The Hall–Kier alpha value is -1.71. The summed E-state index contributed by atoms with van der Waals surface area (Å²) in [5, 5.41) is 12.5. The number of aryl methyl sites for hydroxylation is 1. The van der Waals surface area contributed by atoms with Gasteiger partial charge in [0.2, 0.25) is 0 Å². The first kappa shape index (κ1) is 14.7. The zero-order chi connectivity index (χ0) is 14.7. The summed E-state index contributed by atoms with van der Waals surface area (Å²) in [7, 11) is 0. The summed E-state index contributed by atoms with van der Waals surface area (Å²) in [4.78, 5) is 11.2. The second-order valence-corrected chi connectivity index (χ2v) is 6.07. The Morgan fingerprint density at radius 1 is 1.35 bits per heavy atom. The van der Waals surface area contributed by atoms with Crippen molar-refractivity contribution >= 4 is 17.3 Å². The molecule has 0 amide bonds. The van der Waals surface area contributed by atoms with Crippen molar-refractivity contribution in [2.45, 2.75) is 39.5 Å². The summed E-state index contributed by atoms with van der Waals surface area (Å²) < 4.78 is 0. The first-order valence-corrected chi connectivity index (χ1v) is 7.34. The summed E-state index contributed by atoms with van der Waals surface area (Å²) in [5.41, 5.74) is 8.00. The van der Waals surface area contributed by atoms with Crippen molar-refractivity contribution in [1.29, 1.82) is 0 Å². The lowest BCUT2D eigenvalue weighted by Crippen LogP contribution is -2.20. The highest BCUT2D eigenvalue weighted by Gasteiger charge is 2.18. The van der Waals surface area contributed by atoms with Crippen molar-refractivity contribution in [3.8, 4) is 0 Å². The van der Waals surface area contributed by atoms with E-state index < -0.39 is 5.97 Å². The Labute approximate surface area is 120 Å². The summed E-state index contributed by atoms with van der Waals surface area (Å²) >= 11 is 0. The van der Waals surface area contributed by atoms with Crippen LogP contribution in [0.2, 0.25) is 0 Å². The average molecular weight is 276 g/mol. The van der Waals surface area contributed by atoms with E-state index in [1.165, 1.54) is 25.7 Å². The molecule has 1 fully saturated rings. The van der Waals surface area contributed by atoms with Crippen LogP contribution in [0.4, 0.5) is 11.4 Å². The van der Waals surface area contributed by atoms with Gasteiger partial charge in [-0.3, -0.25) is 0 Å². The molecule has 20 heavy (non-hydrogen) atoms. The van der Waals surface area contributed by atoms with Gasteiger partial charge in [0.05, 0.1) is 5.56 Å². The Balaban J connectivity index is 2.01. The number of nitrogens with two attached hydrogens (primary N) is 1. The molecule has 1 aliphatic carbocycles. The van der Waals surface area contributed by atoms with Crippen LogP contribution < -0.4 is 11.1 Å². The van der Waals surface area contributed by atoms with E-state index in [1.54, 1.807) is 6.07 Å². The topological polar surface area (TPSA) is 75.3 Å². The molecular formula is C16H24N2O2. The van der Waals surface area contributed by atoms with Gasteiger partial charge in [0.15, 0.2) is 0 Å². The number of benzene rings is 1. The number of hydrogen-bond acceptors (Lipinski definition) is 3. The number of nitrogen functional groups attached to an aromatic ring is 1. The number of carbonyl (C=O) groups is 1. The molecule has 1 saturated carbocycles. The van der Waals surface area contributed by atoms with Crippen molar-refractivity contribution in [1.82, 2.24) is 0 Å². The fraction of sp³-hybridized carbons (Fsp3) is 0.562. The van der Waals surface area contributed by atoms with Crippen LogP contribution in [-0.4, -0.2) is 17.6 Å². The van der Waals surface area contributed by atoms with Crippen LogP contribution in [0.25, 0.3) is 0 Å². The second kappa shape index (κ2) is 6.16. The van der Waals surface area contributed by atoms with Crippen LogP contribution in [0.15, 0.2) is 12.1 Å². The highest BCUT2D eigenvalue weighted by molar-refractivity contribution is 5.95. The SMILES string of the molecule is Cc1cc(NCC2CCC(C)CC2)cc(C(=O)O)c1N. The molecule has 0 radical (unpaired) electrons. The molecule has 1 aliphatic rings. The molecule has 1 aromatic carbocycles.